The Hall–Kier alpha value is -3.17. The van der Waals surface area contributed by atoms with Crippen LogP contribution in [0.1, 0.15) is 11.1 Å². The molecule has 0 aliphatic carbocycles. The first-order chi connectivity index (χ1) is 12.6. The number of fused-ring (bicyclic) bond motifs is 1. The number of nitrogens with zero attached hydrogens (tertiary/aromatic N) is 3. The van der Waals surface area contributed by atoms with E-state index in [2.05, 4.69) is 11.1 Å². The van der Waals surface area contributed by atoms with Gasteiger partial charge in [-0.05, 0) is 36.8 Å². The van der Waals surface area contributed by atoms with Crippen LogP contribution in [-0.2, 0) is 13.0 Å². The maximum Gasteiger partial charge on any atom is 0.261 e. The molecule has 2 aromatic carbocycles. The van der Waals surface area contributed by atoms with E-state index < -0.39 is 6.10 Å². The molecule has 0 fully saturated rings. The first kappa shape index (κ1) is 17.6. The van der Waals surface area contributed by atoms with Gasteiger partial charge in [-0.15, -0.1) is 0 Å². The number of hydrogen-bond donors (Lipinski definition) is 1. The number of nitriles is 1. The third-order valence-corrected chi connectivity index (χ3v) is 4.04. The molecule has 0 radical (unpaired) electrons. The fraction of sp³-hybridized carbons (Fsp3) is 0.250. The Morgan fingerprint density at radius 1 is 1.27 bits per heavy atom. The largest absolute Gasteiger partial charge is 0.491 e. The minimum Gasteiger partial charge on any atom is -0.491 e. The van der Waals surface area contributed by atoms with Crippen LogP contribution >= 0.6 is 0 Å². The molecule has 6 heteroatoms. The number of aryl methyl sites for hydroxylation is 1. The SMILES string of the molecule is Cc1ccc2ncn(CC(O)COc3ccc(CC#N)cc3)c(=O)c2c1. The maximum absolute atomic E-state index is 12.5. The Balaban J connectivity index is 1.65. The topological polar surface area (TPSA) is 88.1 Å². The number of aromatic nitrogens is 2. The minimum atomic E-state index is -0.851. The lowest BCUT2D eigenvalue weighted by Crippen LogP contribution is -2.30. The molecule has 0 amide bonds. The lowest BCUT2D eigenvalue weighted by atomic mass is 10.1. The Kier molecular flexibility index (Phi) is 5.30. The van der Waals surface area contributed by atoms with Crippen molar-refractivity contribution in [3.05, 3.63) is 70.3 Å². The molecule has 1 heterocycles. The summed E-state index contributed by atoms with van der Waals surface area (Å²) in [5, 5.41) is 19.4. The third-order valence-electron chi connectivity index (χ3n) is 4.04. The molecule has 0 aliphatic heterocycles. The number of aliphatic hydroxyl groups is 1. The number of hydrogen-bond acceptors (Lipinski definition) is 5. The van der Waals surface area contributed by atoms with Crippen molar-refractivity contribution in [2.24, 2.45) is 0 Å². The van der Waals surface area contributed by atoms with Crippen LogP contribution in [0.25, 0.3) is 10.9 Å². The molecule has 3 aromatic rings. The molecule has 1 aromatic heterocycles. The highest BCUT2D eigenvalue weighted by molar-refractivity contribution is 5.77. The first-order valence-electron chi connectivity index (χ1n) is 8.29. The molecule has 26 heavy (non-hydrogen) atoms. The average molecular weight is 349 g/mol. The second-order valence-corrected chi connectivity index (χ2v) is 6.17. The Morgan fingerprint density at radius 2 is 2.04 bits per heavy atom. The number of aliphatic hydroxyl groups excluding tert-OH is 1. The summed E-state index contributed by atoms with van der Waals surface area (Å²) < 4.78 is 6.95. The molecule has 0 bridgehead atoms. The second kappa shape index (κ2) is 7.81. The maximum atomic E-state index is 12.5. The third kappa shape index (κ3) is 4.08. The molecule has 1 atom stereocenters. The lowest BCUT2D eigenvalue weighted by molar-refractivity contribution is 0.0915. The van der Waals surface area contributed by atoms with Gasteiger partial charge < -0.3 is 9.84 Å². The van der Waals surface area contributed by atoms with Crippen molar-refractivity contribution < 1.29 is 9.84 Å². The van der Waals surface area contributed by atoms with E-state index in [1.54, 1.807) is 18.2 Å². The molecule has 6 nitrogen and oxygen atoms in total. The monoisotopic (exact) mass is 349 g/mol. The Bertz CT molecular complexity index is 1000. The lowest BCUT2D eigenvalue weighted by Gasteiger charge is -2.14. The van der Waals surface area contributed by atoms with Gasteiger partial charge in [0.1, 0.15) is 18.5 Å². The zero-order chi connectivity index (χ0) is 18.5. The molecule has 1 unspecified atom stereocenters. The fourth-order valence-corrected chi connectivity index (χ4v) is 2.67. The molecular weight excluding hydrogens is 330 g/mol. The van der Waals surface area contributed by atoms with Crippen LogP contribution in [0.4, 0.5) is 0 Å². The molecule has 0 aliphatic rings. The van der Waals surface area contributed by atoms with Crippen LogP contribution in [0.15, 0.2) is 53.6 Å². The van der Waals surface area contributed by atoms with E-state index in [4.69, 9.17) is 10.00 Å². The molecule has 0 saturated heterocycles. The highest BCUT2D eigenvalue weighted by Gasteiger charge is 2.10. The second-order valence-electron chi connectivity index (χ2n) is 6.17. The summed E-state index contributed by atoms with van der Waals surface area (Å²) >= 11 is 0. The average Bonchev–Trinajstić information content (AvgIpc) is 2.64. The fourth-order valence-electron chi connectivity index (χ4n) is 2.67. The van der Waals surface area contributed by atoms with Gasteiger partial charge >= 0.3 is 0 Å². The summed E-state index contributed by atoms with van der Waals surface area (Å²) in [4.78, 5) is 16.8. The van der Waals surface area contributed by atoms with E-state index in [0.717, 1.165) is 11.1 Å². The van der Waals surface area contributed by atoms with Gasteiger partial charge in [-0.2, -0.15) is 5.26 Å². The van der Waals surface area contributed by atoms with E-state index in [9.17, 15) is 9.90 Å². The van der Waals surface area contributed by atoms with Gasteiger partial charge in [0.15, 0.2) is 0 Å². The quantitative estimate of drug-likeness (QED) is 0.737. The van der Waals surface area contributed by atoms with Crippen molar-refractivity contribution in [2.75, 3.05) is 6.61 Å². The van der Waals surface area contributed by atoms with Crippen LogP contribution in [0.3, 0.4) is 0 Å². The van der Waals surface area contributed by atoms with Crippen LogP contribution in [0, 0.1) is 18.3 Å². The van der Waals surface area contributed by atoms with E-state index in [0.29, 0.717) is 23.1 Å². The Labute approximate surface area is 150 Å². The summed E-state index contributed by atoms with van der Waals surface area (Å²) in [6.07, 6.45) is 0.940. The summed E-state index contributed by atoms with van der Waals surface area (Å²) in [7, 11) is 0. The van der Waals surface area contributed by atoms with Gasteiger partial charge in [-0.1, -0.05) is 23.8 Å². The van der Waals surface area contributed by atoms with Gasteiger partial charge in [0, 0.05) is 0 Å². The molecule has 0 spiro atoms. The zero-order valence-corrected chi connectivity index (χ0v) is 14.4. The van der Waals surface area contributed by atoms with Crippen LogP contribution in [0.5, 0.6) is 5.75 Å². The van der Waals surface area contributed by atoms with Crippen molar-refractivity contribution in [3.63, 3.8) is 0 Å². The van der Waals surface area contributed by atoms with Crippen molar-refractivity contribution in [1.29, 1.82) is 5.26 Å². The normalized spacial score (nSPS) is 11.9. The number of ether oxygens (including phenoxy) is 1. The van der Waals surface area contributed by atoms with E-state index >= 15 is 0 Å². The van der Waals surface area contributed by atoms with Gasteiger partial charge in [0.2, 0.25) is 0 Å². The van der Waals surface area contributed by atoms with Crippen molar-refractivity contribution in [2.45, 2.75) is 26.0 Å². The van der Waals surface area contributed by atoms with Gasteiger partial charge in [-0.3, -0.25) is 9.36 Å². The summed E-state index contributed by atoms with van der Waals surface area (Å²) in [6, 6.07) is 14.7. The predicted octanol–water partition coefficient (Wildman–Crippen LogP) is 2.21. The molecule has 1 N–H and O–H groups in total. The molecule has 3 rings (SSSR count). The Morgan fingerprint density at radius 3 is 2.77 bits per heavy atom. The molecular formula is C20H19N3O3. The van der Waals surface area contributed by atoms with Crippen molar-refractivity contribution in [1.82, 2.24) is 9.55 Å². The van der Waals surface area contributed by atoms with Crippen LogP contribution in [0.2, 0.25) is 0 Å². The smallest absolute Gasteiger partial charge is 0.261 e. The summed E-state index contributed by atoms with van der Waals surface area (Å²) in [5.74, 6) is 0.602. The summed E-state index contributed by atoms with van der Waals surface area (Å²) in [6.45, 7) is 2.07. The number of benzene rings is 2. The first-order valence-corrected chi connectivity index (χ1v) is 8.29. The minimum absolute atomic E-state index is 0.0515. The van der Waals surface area contributed by atoms with Crippen molar-refractivity contribution in [3.8, 4) is 11.8 Å². The van der Waals surface area contributed by atoms with Crippen LogP contribution in [-0.4, -0.2) is 27.4 Å². The van der Waals surface area contributed by atoms with Gasteiger partial charge in [-0.25, -0.2) is 4.98 Å². The van der Waals surface area contributed by atoms with Gasteiger partial charge in [0.25, 0.3) is 5.56 Å². The van der Waals surface area contributed by atoms with Gasteiger partial charge in [0.05, 0.1) is 36.3 Å². The van der Waals surface area contributed by atoms with Crippen LogP contribution < -0.4 is 10.3 Å². The number of rotatable bonds is 6. The molecule has 132 valence electrons. The van der Waals surface area contributed by atoms with Crippen molar-refractivity contribution >= 4 is 10.9 Å². The zero-order valence-electron chi connectivity index (χ0n) is 14.4. The summed E-state index contributed by atoms with van der Waals surface area (Å²) in [5.41, 5.74) is 2.35. The predicted molar refractivity (Wildman–Crippen MR) is 98.0 cm³/mol. The highest BCUT2D eigenvalue weighted by atomic mass is 16.5. The highest BCUT2D eigenvalue weighted by Crippen LogP contribution is 2.13. The van der Waals surface area contributed by atoms with E-state index in [1.165, 1.54) is 10.9 Å². The standard InChI is InChI=1S/C20H19N3O3/c1-14-2-7-19-18(10-14)20(25)23(13-22-19)11-16(24)12-26-17-5-3-15(4-6-17)8-9-21/h2-7,10,13,16,24H,8,11-12H2,1H3. The molecule has 0 saturated carbocycles. The van der Waals surface area contributed by atoms with E-state index in [1.807, 2.05) is 31.2 Å². The van der Waals surface area contributed by atoms with E-state index in [-0.39, 0.29) is 18.7 Å².